The molecular weight excluding hydrogens is 408 g/mol. The fourth-order valence-corrected chi connectivity index (χ4v) is 3.69. The summed E-state index contributed by atoms with van der Waals surface area (Å²) < 4.78 is 5.82. The van der Waals surface area contributed by atoms with Crippen molar-refractivity contribution < 1.29 is 9.53 Å². The first-order chi connectivity index (χ1) is 16.2. The van der Waals surface area contributed by atoms with E-state index < -0.39 is 0 Å². The fraction of sp³-hybridized carbons (Fsp3) is 0.517. The van der Waals surface area contributed by atoms with Gasteiger partial charge >= 0.3 is 0 Å². The third kappa shape index (κ3) is 12.9. The molecule has 0 spiro atoms. The van der Waals surface area contributed by atoms with E-state index in [4.69, 9.17) is 4.74 Å². The van der Waals surface area contributed by atoms with Gasteiger partial charge in [0.15, 0.2) is 0 Å². The average Bonchev–Trinajstić information content (AvgIpc) is 2.83. The van der Waals surface area contributed by atoms with Gasteiger partial charge in [-0.2, -0.15) is 5.10 Å². The van der Waals surface area contributed by atoms with Gasteiger partial charge < -0.3 is 4.74 Å². The number of carbonyl (C=O) groups is 1. The van der Waals surface area contributed by atoms with E-state index in [-0.39, 0.29) is 5.91 Å². The molecule has 2 aromatic rings. The topological polar surface area (TPSA) is 50.7 Å². The standard InChI is InChI=1S/C29H42N2O2/c1-3-4-5-6-7-8-9-10-11-12-13-14-29(32)31-30-23-26-19-21-28(22-20-26)33-24-27-17-15-25(2)16-18-27/h15-23H,3-14,24H2,1-2H3,(H,31,32)/b30-23-. The molecule has 0 bridgehead atoms. The van der Waals surface area contributed by atoms with Crippen molar-refractivity contribution in [1.82, 2.24) is 5.43 Å². The second kappa shape index (κ2) is 16.9. The minimum absolute atomic E-state index is 0.0137. The van der Waals surface area contributed by atoms with Crippen LogP contribution in [0.2, 0.25) is 0 Å². The van der Waals surface area contributed by atoms with Gasteiger partial charge in [0.1, 0.15) is 12.4 Å². The quantitative estimate of drug-likeness (QED) is 0.152. The molecule has 4 heteroatoms. The molecule has 0 atom stereocenters. The molecule has 2 aromatic carbocycles. The molecule has 0 aromatic heterocycles. The van der Waals surface area contributed by atoms with Crippen LogP contribution in [0.25, 0.3) is 0 Å². The Kier molecular flexibility index (Phi) is 13.7. The van der Waals surface area contributed by atoms with Gasteiger partial charge in [-0.3, -0.25) is 4.79 Å². The first kappa shape index (κ1) is 26.6. The van der Waals surface area contributed by atoms with Gasteiger partial charge in [-0.15, -0.1) is 0 Å². The number of nitrogens with zero attached hydrogens (tertiary/aromatic N) is 1. The van der Waals surface area contributed by atoms with Crippen LogP contribution in [0, 0.1) is 6.92 Å². The Morgan fingerprint density at radius 3 is 2.00 bits per heavy atom. The van der Waals surface area contributed by atoms with Crippen molar-refractivity contribution in [3.05, 3.63) is 65.2 Å². The van der Waals surface area contributed by atoms with E-state index in [1.54, 1.807) is 6.21 Å². The summed E-state index contributed by atoms with van der Waals surface area (Å²) in [6, 6.07) is 16.0. The number of unbranched alkanes of at least 4 members (excludes halogenated alkanes) is 10. The molecule has 0 aliphatic carbocycles. The van der Waals surface area contributed by atoms with Gasteiger partial charge in [0.2, 0.25) is 5.91 Å². The molecule has 33 heavy (non-hydrogen) atoms. The number of hydrogen-bond acceptors (Lipinski definition) is 3. The van der Waals surface area contributed by atoms with Gasteiger partial charge in [0.05, 0.1) is 6.21 Å². The highest BCUT2D eigenvalue weighted by Crippen LogP contribution is 2.14. The maximum absolute atomic E-state index is 11.9. The van der Waals surface area contributed by atoms with E-state index in [2.05, 4.69) is 48.6 Å². The third-order valence-corrected chi connectivity index (χ3v) is 5.82. The number of carbonyl (C=O) groups excluding carboxylic acids is 1. The van der Waals surface area contributed by atoms with Crippen molar-refractivity contribution in [1.29, 1.82) is 0 Å². The summed E-state index contributed by atoms with van der Waals surface area (Å²) in [6.45, 7) is 4.88. The molecule has 0 fully saturated rings. The van der Waals surface area contributed by atoms with Crippen LogP contribution >= 0.6 is 0 Å². The molecule has 0 saturated carbocycles. The Morgan fingerprint density at radius 1 is 0.818 bits per heavy atom. The molecule has 2 rings (SSSR count). The summed E-state index contributed by atoms with van der Waals surface area (Å²) in [6.07, 6.45) is 16.3. The van der Waals surface area contributed by atoms with Crippen LogP contribution in [0.15, 0.2) is 53.6 Å². The number of ether oxygens (including phenoxy) is 1. The lowest BCUT2D eigenvalue weighted by molar-refractivity contribution is -0.121. The molecular formula is C29H42N2O2. The van der Waals surface area contributed by atoms with Crippen LogP contribution < -0.4 is 10.2 Å². The number of hydrogen-bond donors (Lipinski definition) is 1. The number of rotatable bonds is 17. The summed E-state index contributed by atoms with van der Waals surface area (Å²) in [5.41, 5.74) is 5.94. The van der Waals surface area contributed by atoms with Crippen molar-refractivity contribution >= 4 is 12.1 Å². The fourth-order valence-electron chi connectivity index (χ4n) is 3.69. The van der Waals surface area contributed by atoms with Crippen LogP contribution in [0.3, 0.4) is 0 Å². The monoisotopic (exact) mass is 450 g/mol. The number of hydrazone groups is 1. The number of nitrogens with one attached hydrogen (secondary N) is 1. The van der Waals surface area contributed by atoms with Crippen LogP contribution in [0.1, 0.15) is 101 Å². The molecule has 1 N–H and O–H groups in total. The number of amides is 1. The van der Waals surface area contributed by atoms with Gasteiger partial charge in [0, 0.05) is 6.42 Å². The van der Waals surface area contributed by atoms with Gasteiger partial charge in [-0.1, -0.05) is 101 Å². The highest BCUT2D eigenvalue weighted by atomic mass is 16.5. The zero-order valence-corrected chi connectivity index (χ0v) is 20.7. The number of aryl methyl sites for hydroxylation is 1. The normalized spacial score (nSPS) is 11.1. The lowest BCUT2D eigenvalue weighted by Gasteiger charge is -2.07. The van der Waals surface area contributed by atoms with Crippen molar-refractivity contribution in [2.75, 3.05) is 0 Å². The lowest BCUT2D eigenvalue weighted by atomic mass is 10.1. The maximum Gasteiger partial charge on any atom is 0.240 e. The Bertz CT molecular complexity index is 797. The van der Waals surface area contributed by atoms with Crippen LogP contribution in [-0.2, 0) is 11.4 Å². The smallest absolute Gasteiger partial charge is 0.240 e. The predicted octanol–water partition coefficient (Wildman–Crippen LogP) is 7.73. The van der Waals surface area contributed by atoms with Gasteiger partial charge in [-0.25, -0.2) is 5.43 Å². The first-order valence-corrected chi connectivity index (χ1v) is 12.8. The highest BCUT2D eigenvalue weighted by molar-refractivity contribution is 5.82. The molecule has 0 saturated heterocycles. The second-order valence-corrected chi connectivity index (χ2v) is 8.92. The molecule has 0 unspecified atom stereocenters. The Balaban J connectivity index is 1.51. The maximum atomic E-state index is 11.9. The summed E-state index contributed by atoms with van der Waals surface area (Å²) in [7, 11) is 0. The zero-order valence-electron chi connectivity index (χ0n) is 20.7. The van der Waals surface area contributed by atoms with Crippen LogP contribution in [0.5, 0.6) is 5.75 Å². The second-order valence-electron chi connectivity index (χ2n) is 8.92. The molecule has 0 aliphatic heterocycles. The SMILES string of the molecule is CCCCCCCCCCCCCC(=O)N/N=C\c1ccc(OCc2ccc(C)cc2)cc1. The predicted molar refractivity (Wildman–Crippen MR) is 139 cm³/mol. The Hall–Kier alpha value is -2.62. The van der Waals surface area contributed by atoms with Crippen molar-refractivity contribution in [3.63, 3.8) is 0 Å². The molecule has 0 radical (unpaired) electrons. The van der Waals surface area contributed by atoms with Crippen LogP contribution in [0.4, 0.5) is 0 Å². The average molecular weight is 451 g/mol. The molecule has 1 amide bonds. The largest absolute Gasteiger partial charge is 0.489 e. The summed E-state index contributed by atoms with van der Waals surface area (Å²) in [5, 5.41) is 4.08. The Morgan fingerprint density at radius 2 is 1.39 bits per heavy atom. The van der Waals surface area contributed by atoms with E-state index in [1.807, 2.05) is 24.3 Å². The number of benzene rings is 2. The van der Waals surface area contributed by atoms with Gasteiger partial charge in [-0.05, 0) is 48.7 Å². The summed E-state index contributed by atoms with van der Waals surface area (Å²) in [5.74, 6) is 0.800. The van der Waals surface area contributed by atoms with E-state index in [1.165, 1.54) is 63.4 Å². The highest BCUT2D eigenvalue weighted by Gasteiger charge is 2.00. The summed E-state index contributed by atoms with van der Waals surface area (Å²) in [4.78, 5) is 11.9. The minimum atomic E-state index is -0.0137. The molecule has 0 aliphatic rings. The molecule has 180 valence electrons. The van der Waals surface area contributed by atoms with Gasteiger partial charge in [0.25, 0.3) is 0 Å². The minimum Gasteiger partial charge on any atom is -0.489 e. The van der Waals surface area contributed by atoms with E-state index in [0.717, 1.165) is 29.7 Å². The first-order valence-electron chi connectivity index (χ1n) is 12.8. The van der Waals surface area contributed by atoms with E-state index >= 15 is 0 Å². The Labute approximate surface area is 200 Å². The third-order valence-electron chi connectivity index (χ3n) is 5.82. The van der Waals surface area contributed by atoms with Crippen molar-refractivity contribution in [2.24, 2.45) is 5.10 Å². The summed E-state index contributed by atoms with van der Waals surface area (Å²) >= 11 is 0. The molecule has 0 heterocycles. The van der Waals surface area contributed by atoms with E-state index in [9.17, 15) is 4.79 Å². The molecule has 4 nitrogen and oxygen atoms in total. The zero-order chi connectivity index (χ0) is 23.6. The van der Waals surface area contributed by atoms with E-state index in [0.29, 0.717) is 13.0 Å². The van der Waals surface area contributed by atoms with Crippen molar-refractivity contribution in [3.8, 4) is 5.75 Å². The van der Waals surface area contributed by atoms with Crippen molar-refractivity contribution in [2.45, 2.75) is 97.5 Å². The lowest BCUT2D eigenvalue weighted by Crippen LogP contribution is -2.16. The van der Waals surface area contributed by atoms with Crippen LogP contribution in [-0.4, -0.2) is 12.1 Å².